The minimum Gasteiger partial charge on any atom is -0.433 e. The molecule has 6 heteroatoms. The van der Waals surface area contributed by atoms with Gasteiger partial charge in [-0.3, -0.25) is 0 Å². The van der Waals surface area contributed by atoms with Crippen LogP contribution in [0.3, 0.4) is 0 Å². The first-order valence-corrected chi connectivity index (χ1v) is 8.94. The van der Waals surface area contributed by atoms with Crippen molar-refractivity contribution in [3.8, 4) is 0 Å². The van der Waals surface area contributed by atoms with Crippen LogP contribution in [-0.4, -0.2) is 43.5 Å². The summed E-state index contributed by atoms with van der Waals surface area (Å²) in [4.78, 5) is 11.0. The van der Waals surface area contributed by atoms with Crippen LogP contribution in [0.15, 0.2) is 0 Å². The highest BCUT2D eigenvalue weighted by molar-refractivity contribution is 8.76. The number of hydrogen-bond acceptors (Lipinski definition) is 6. The lowest BCUT2D eigenvalue weighted by Crippen LogP contribution is -2.18. The summed E-state index contributed by atoms with van der Waals surface area (Å²) < 4.78 is 9.75. The van der Waals surface area contributed by atoms with Gasteiger partial charge >= 0.3 is 6.16 Å². The molecule has 0 aromatic carbocycles. The fraction of sp³-hybridized carbons (Fsp3) is 0.917. The van der Waals surface area contributed by atoms with Crippen LogP contribution < -0.4 is 5.32 Å². The first kappa shape index (κ1) is 17.9. The van der Waals surface area contributed by atoms with Crippen molar-refractivity contribution < 1.29 is 14.3 Å². The number of carbonyl (C=O) groups excluding carboxylic acids is 1. The molecule has 0 amide bonds. The molecule has 4 nitrogen and oxygen atoms in total. The number of rotatable bonds is 11. The second-order valence-corrected chi connectivity index (χ2v) is 6.71. The number of hydrogen-bond donors (Lipinski definition) is 1. The molecule has 0 aromatic heterocycles. The van der Waals surface area contributed by atoms with Crippen molar-refractivity contribution in [3.63, 3.8) is 0 Å². The lowest BCUT2D eigenvalue weighted by molar-refractivity contribution is 0.0385. The highest BCUT2D eigenvalue weighted by Crippen LogP contribution is 2.19. The van der Waals surface area contributed by atoms with Gasteiger partial charge < -0.3 is 14.8 Å². The van der Waals surface area contributed by atoms with E-state index in [2.05, 4.69) is 12.2 Å². The summed E-state index contributed by atoms with van der Waals surface area (Å²) in [5.74, 6) is 1.87. The van der Waals surface area contributed by atoms with E-state index in [4.69, 9.17) is 9.47 Å². The van der Waals surface area contributed by atoms with Crippen LogP contribution >= 0.6 is 21.6 Å². The number of carbonyl (C=O) groups is 1. The molecule has 0 fully saturated rings. The largest absolute Gasteiger partial charge is 0.508 e. The first-order valence-electron chi connectivity index (χ1n) is 6.45. The van der Waals surface area contributed by atoms with E-state index in [0.29, 0.717) is 6.61 Å². The molecule has 0 spiro atoms. The molecule has 0 aliphatic heterocycles. The van der Waals surface area contributed by atoms with E-state index in [1.165, 1.54) is 12.8 Å². The predicted octanol–water partition coefficient (Wildman–Crippen LogP) is 3.32. The van der Waals surface area contributed by atoms with Gasteiger partial charge in [-0.1, -0.05) is 34.9 Å². The number of unbranched alkanes of at least 4 members (excludes halogenated alkanes) is 1. The van der Waals surface area contributed by atoms with Gasteiger partial charge in [-0.15, -0.1) is 0 Å². The van der Waals surface area contributed by atoms with E-state index in [1.54, 1.807) is 35.4 Å². The molecular weight excluding hydrogens is 270 g/mol. The summed E-state index contributed by atoms with van der Waals surface area (Å²) in [5, 5.41) is 3.38. The second kappa shape index (κ2) is 13.4. The van der Waals surface area contributed by atoms with Crippen molar-refractivity contribution in [1.29, 1.82) is 0 Å². The highest BCUT2D eigenvalue weighted by Gasteiger charge is 2.05. The molecule has 0 aromatic rings. The van der Waals surface area contributed by atoms with Crippen LogP contribution in [-0.2, 0) is 9.47 Å². The van der Waals surface area contributed by atoms with Crippen LogP contribution in [0.5, 0.6) is 0 Å². The normalized spacial score (nSPS) is 10.7. The maximum atomic E-state index is 11.0. The average Bonchev–Trinajstić information content (AvgIpc) is 2.30. The molecule has 0 aliphatic rings. The SMILES string of the molecule is CCCCNCCSSCCOC(=O)OC(C)C. The lowest BCUT2D eigenvalue weighted by Gasteiger charge is -2.08. The van der Waals surface area contributed by atoms with Crippen molar-refractivity contribution in [2.24, 2.45) is 0 Å². The second-order valence-electron chi connectivity index (χ2n) is 4.01. The number of nitrogens with one attached hydrogen (secondary N) is 1. The quantitative estimate of drug-likeness (QED) is 0.358. The molecule has 0 rings (SSSR count). The van der Waals surface area contributed by atoms with E-state index >= 15 is 0 Å². The van der Waals surface area contributed by atoms with E-state index in [-0.39, 0.29) is 6.10 Å². The molecule has 0 heterocycles. The molecule has 18 heavy (non-hydrogen) atoms. The summed E-state index contributed by atoms with van der Waals surface area (Å²) in [6, 6.07) is 0. The minimum absolute atomic E-state index is 0.117. The van der Waals surface area contributed by atoms with Crippen molar-refractivity contribution in [2.45, 2.75) is 39.7 Å². The van der Waals surface area contributed by atoms with Crippen LogP contribution in [0.4, 0.5) is 4.79 Å². The van der Waals surface area contributed by atoms with Crippen LogP contribution in [0, 0.1) is 0 Å². The molecule has 108 valence electrons. The summed E-state index contributed by atoms with van der Waals surface area (Å²) >= 11 is 0. The monoisotopic (exact) mass is 295 g/mol. The Morgan fingerprint density at radius 3 is 2.61 bits per heavy atom. The third kappa shape index (κ3) is 14.0. The van der Waals surface area contributed by atoms with E-state index in [9.17, 15) is 4.79 Å². The Morgan fingerprint density at radius 2 is 1.94 bits per heavy atom. The smallest absolute Gasteiger partial charge is 0.433 e. The molecular formula is C12H25NO3S2. The molecule has 0 saturated carbocycles. The Hall–Kier alpha value is -0.0700. The van der Waals surface area contributed by atoms with Gasteiger partial charge in [0.05, 0.1) is 6.10 Å². The van der Waals surface area contributed by atoms with E-state index < -0.39 is 6.16 Å². The third-order valence-electron chi connectivity index (χ3n) is 1.87. The standard InChI is InChI=1S/C12H25NO3S2/c1-4-5-6-13-7-9-17-18-10-8-15-12(14)16-11(2)3/h11,13H,4-10H2,1-3H3. The van der Waals surface area contributed by atoms with Gasteiger partial charge in [0.2, 0.25) is 0 Å². The topological polar surface area (TPSA) is 47.6 Å². The maximum absolute atomic E-state index is 11.0. The molecule has 0 aliphatic carbocycles. The van der Waals surface area contributed by atoms with E-state index in [1.807, 2.05) is 0 Å². The van der Waals surface area contributed by atoms with Crippen molar-refractivity contribution in [3.05, 3.63) is 0 Å². The van der Waals surface area contributed by atoms with E-state index in [0.717, 1.165) is 24.6 Å². The van der Waals surface area contributed by atoms with Crippen LogP contribution in [0.2, 0.25) is 0 Å². The molecule has 0 atom stereocenters. The van der Waals surface area contributed by atoms with Crippen molar-refractivity contribution >= 4 is 27.7 Å². The van der Waals surface area contributed by atoms with Gasteiger partial charge in [-0.05, 0) is 26.8 Å². The first-order chi connectivity index (χ1) is 8.66. The highest BCUT2D eigenvalue weighted by atomic mass is 33.1. The minimum atomic E-state index is -0.572. The van der Waals surface area contributed by atoms with Gasteiger partial charge in [-0.25, -0.2) is 4.79 Å². The van der Waals surface area contributed by atoms with Gasteiger partial charge in [-0.2, -0.15) is 0 Å². The summed E-state index contributed by atoms with van der Waals surface area (Å²) in [5.41, 5.74) is 0. The van der Waals surface area contributed by atoms with Crippen LogP contribution in [0.25, 0.3) is 0 Å². The van der Waals surface area contributed by atoms with Gasteiger partial charge in [0.15, 0.2) is 0 Å². The molecule has 1 N–H and O–H groups in total. The predicted molar refractivity (Wildman–Crippen MR) is 80.3 cm³/mol. The summed E-state index contributed by atoms with van der Waals surface area (Å²) in [6.45, 7) is 8.34. The Morgan fingerprint density at radius 1 is 1.22 bits per heavy atom. The van der Waals surface area contributed by atoms with Crippen molar-refractivity contribution in [1.82, 2.24) is 5.32 Å². The molecule has 0 saturated heterocycles. The molecule has 0 unspecified atom stereocenters. The Bertz CT molecular complexity index is 204. The van der Waals surface area contributed by atoms with Gasteiger partial charge in [0.1, 0.15) is 6.61 Å². The molecule has 0 radical (unpaired) electrons. The average molecular weight is 295 g/mol. The zero-order valence-corrected chi connectivity index (χ0v) is 13.2. The third-order valence-corrected chi connectivity index (χ3v) is 4.24. The zero-order valence-electron chi connectivity index (χ0n) is 11.6. The fourth-order valence-electron chi connectivity index (χ4n) is 1.04. The fourth-order valence-corrected chi connectivity index (χ4v) is 2.82. The van der Waals surface area contributed by atoms with Gasteiger partial charge in [0, 0.05) is 18.1 Å². The maximum Gasteiger partial charge on any atom is 0.508 e. The Balaban J connectivity index is 3.09. The van der Waals surface area contributed by atoms with Crippen molar-refractivity contribution in [2.75, 3.05) is 31.2 Å². The Labute approximate surface area is 118 Å². The number of ether oxygens (including phenoxy) is 2. The summed E-state index contributed by atoms with van der Waals surface area (Å²) in [7, 11) is 3.52. The van der Waals surface area contributed by atoms with Crippen LogP contribution in [0.1, 0.15) is 33.6 Å². The Kier molecular flexibility index (Phi) is 13.3. The molecule has 0 bridgehead atoms. The summed E-state index contributed by atoms with van der Waals surface area (Å²) in [6.07, 6.45) is 1.79. The lowest BCUT2D eigenvalue weighted by atomic mass is 10.3. The van der Waals surface area contributed by atoms with Gasteiger partial charge in [0.25, 0.3) is 0 Å². The zero-order chi connectivity index (χ0) is 13.6.